The lowest BCUT2D eigenvalue weighted by atomic mass is 9.62. The van der Waals surface area contributed by atoms with Gasteiger partial charge >= 0.3 is 0 Å². The first kappa shape index (κ1) is 34.3. The Kier molecular flexibility index (Phi) is 12.0. The predicted octanol–water partition coefficient (Wildman–Crippen LogP) is 2.18. The molecule has 38 heavy (non-hydrogen) atoms. The molecule has 0 radical (unpaired) electrons. The van der Waals surface area contributed by atoms with Crippen molar-refractivity contribution in [3.63, 3.8) is 0 Å². The summed E-state index contributed by atoms with van der Waals surface area (Å²) in [5, 5.41) is 21.4. The molecule has 0 bridgehead atoms. The largest absolute Gasteiger partial charge is 0.393 e. The van der Waals surface area contributed by atoms with Crippen LogP contribution in [0.3, 0.4) is 0 Å². The van der Waals surface area contributed by atoms with Gasteiger partial charge in [-0.1, -0.05) is 39.5 Å². The van der Waals surface area contributed by atoms with Gasteiger partial charge in [-0.15, -0.1) is 0 Å². The zero-order chi connectivity index (χ0) is 30.2. The number of Topliss-reactive ketones (excluding diaryl/α,β-unsaturated/α-hetero) is 4. The molecule has 0 aliphatic carbocycles. The summed E-state index contributed by atoms with van der Waals surface area (Å²) >= 11 is 0. The van der Waals surface area contributed by atoms with Crippen molar-refractivity contribution in [1.29, 1.82) is 0 Å². The summed E-state index contributed by atoms with van der Waals surface area (Å²) in [6.07, 6.45) is 0.809. The van der Waals surface area contributed by atoms with Crippen LogP contribution in [-0.2, 0) is 33.5 Å². The molecule has 0 aliphatic heterocycles. The third-order valence-electron chi connectivity index (χ3n) is 6.09. The maximum absolute atomic E-state index is 13.5. The van der Waals surface area contributed by atoms with Gasteiger partial charge in [0.25, 0.3) is 0 Å². The molecule has 0 saturated heterocycles. The molecule has 1 atom stereocenters. The zero-order valence-electron chi connectivity index (χ0n) is 22.5. The Hall–Kier alpha value is -3.66. The molecule has 0 heterocycles. The van der Waals surface area contributed by atoms with Crippen molar-refractivity contribution < 1.29 is 43.7 Å². The van der Waals surface area contributed by atoms with E-state index in [4.69, 9.17) is 4.74 Å². The number of ketones is 6. The van der Waals surface area contributed by atoms with Crippen LogP contribution in [0.5, 0.6) is 0 Å². The molecule has 9 heteroatoms. The molecule has 0 amide bonds. The van der Waals surface area contributed by atoms with Gasteiger partial charge < -0.3 is 14.9 Å². The van der Waals surface area contributed by atoms with E-state index in [1.807, 2.05) is 0 Å². The maximum atomic E-state index is 13.5. The van der Waals surface area contributed by atoms with E-state index in [1.54, 1.807) is 0 Å². The van der Waals surface area contributed by atoms with Crippen LogP contribution in [0.4, 0.5) is 0 Å². The quantitative estimate of drug-likeness (QED) is 0.190. The van der Waals surface area contributed by atoms with Gasteiger partial charge in [-0.2, -0.15) is 0 Å². The summed E-state index contributed by atoms with van der Waals surface area (Å²) in [6, 6.07) is 0. The molecule has 0 aromatic heterocycles. The Morgan fingerprint density at radius 3 is 1.39 bits per heavy atom. The number of carbonyl (C=O) groups excluding carboxylic acids is 6. The first-order valence-corrected chi connectivity index (χ1v) is 11.4. The summed E-state index contributed by atoms with van der Waals surface area (Å²) in [5.41, 5.74) is -8.90. The predicted molar refractivity (Wildman–Crippen MR) is 142 cm³/mol. The molecule has 0 fully saturated rings. The third kappa shape index (κ3) is 6.24. The van der Waals surface area contributed by atoms with E-state index < -0.39 is 77.4 Å². The van der Waals surface area contributed by atoms with Crippen LogP contribution in [-0.4, -0.2) is 70.3 Å². The molecule has 0 saturated carbocycles. The van der Waals surface area contributed by atoms with Gasteiger partial charge in [-0.25, -0.2) is 0 Å². The van der Waals surface area contributed by atoms with E-state index in [-0.39, 0.29) is 22.3 Å². The number of hydrogen-bond acceptors (Lipinski definition) is 9. The zero-order valence-corrected chi connectivity index (χ0v) is 22.5. The lowest BCUT2D eigenvalue weighted by Gasteiger charge is -2.43. The Morgan fingerprint density at radius 1 is 0.711 bits per heavy atom. The van der Waals surface area contributed by atoms with Gasteiger partial charge in [0.15, 0.2) is 45.7 Å². The van der Waals surface area contributed by atoms with Crippen molar-refractivity contribution in [2.75, 3.05) is 19.8 Å². The lowest BCUT2D eigenvalue weighted by molar-refractivity contribution is -0.181. The van der Waals surface area contributed by atoms with E-state index in [0.29, 0.717) is 6.08 Å². The van der Waals surface area contributed by atoms with Crippen molar-refractivity contribution in [2.24, 2.45) is 10.8 Å². The number of aliphatic hydroxyl groups excluding tert-OH is 1. The summed E-state index contributed by atoms with van der Waals surface area (Å²) < 4.78 is 5.65. The van der Waals surface area contributed by atoms with Gasteiger partial charge in [0, 0.05) is 6.42 Å². The molecule has 2 N–H and O–H groups in total. The molecule has 0 rings (SSSR count). The number of hydrogen-bond donors (Lipinski definition) is 2. The number of allylic oxidation sites excluding steroid dienone is 5. The Morgan fingerprint density at radius 2 is 1.11 bits per heavy atom. The Balaban J connectivity index is 7.32. The second kappa shape index (κ2) is 13.2. The van der Waals surface area contributed by atoms with E-state index in [2.05, 4.69) is 39.5 Å². The van der Waals surface area contributed by atoms with E-state index in [0.717, 1.165) is 6.08 Å². The molecule has 0 aromatic rings. The Labute approximate surface area is 222 Å². The average Bonchev–Trinajstić information content (AvgIpc) is 2.87. The number of carbonyl (C=O) groups is 6. The standard InChI is InChI=1S/C29H36O9/c1-11-21(31)13-27(23(33)17(3)4,24(34)18(5)6)15-38-16-28(25(35)19(7)8,26(36)20(9)10)29(37,14-30)22(32)12-2/h11-12,30,37H,1-3,5,7,9,13-16H2,4,6,8,10H3. The van der Waals surface area contributed by atoms with Crippen molar-refractivity contribution in [1.82, 2.24) is 0 Å². The summed E-state index contributed by atoms with van der Waals surface area (Å²) in [7, 11) is 0. The summed E-state index contributed by atoms with van der Waals surface area (Å²) in [6.45, 7) is 22.4. The SMILES string of the molecule is C=CC(=O)CC(COCC(C(=O)C(=C)C)(C(=O)C(=C)C)C(O)(CO)C(=O)C=C)(C(=O)C(=C)C)C(=O)C(=C)C. The van der Waals surface area contributed by atoms with E-state index in [9.17, 15) is 39.0 Å². The molecule has 0 aliphatic rings. The van der Waals surface area contributed by atoms with Gasteiger partial charge in [-0.05, 0) is 62.1 Å². The van der Waals surface area contributed by atoms with Crippen LogP contribution < -0.4 is 0 Å². The fraction of sp³-hybridized carbons (Fsp3) is 0.379. The maximum Gasteiger partial charge on any atom is 0.190 e. The highest BCUT2D eigenvalue weighted by Crippen LogP contribution is 2.41. The number of ether oxygens (including phenoxy) is 1. The molecular formula is C29H36O9. The number of rotatable bonds is 19. The normalized spacial score (nSPS) is 12.9. The van der Waals surface area contributed by atoms with E-state index in [1.165, 1.54) is 27.7 Å². The lowest BCUT2D eigenvalue weighted by Crippen LogP contribution is -2.66. The summed E-state index contributed by atoms with van der Waals surface area (Å²) in [5.74, 6) is -6.05. The number of aliphatic hydroxyl groups is 2. The minimum atomic E-state index is -3.09. The van der Waals surface area contributed by atoms with Gasteiger partial charge in [0.05, 0.1) is 19.8 Å². The first-order valence-electron chi connectivity index (χ1n) is 11.4. The van der Waals surface area contributed by atoms with Crippen LogP contribution in [0.1, 0.15) is 34.1 Å². The highest BCUT2D eigenvalue weighted by molar-refractivity contribution is 6.24. The second-order valence-electron chi connectivity index (χ2n) is 9.35. The molecule has 0 spiro atoms. The average molecular weight is 529 g/mol. The molecule has 1 unspecified atom stereocenters. The smallest absolute Gasteiger partial charge is 0.190 e. The Bertz CT molecular complexity index is 1080. The van der Waals surface area contributed by atoms with E-state index >= 15 is 0 Å². The second-order valence-corrected chi connectivity index (χ2v) is 9.35. The van der Waals surface area contributed by atoms with Crippen molar-refractivity contribution >= 4 is 34.7 Å². The van der Waals surface area contributed by atoms with Crippen molar-refractivity contribution in [3.8, 4) is 0 Å². The van der Waals surface area contributed by atoms with Crippen LogP contribution >= 0.6 is 0 Å². The molecule has 206 valence electrons. The first-order chi connectivity index (χ1) is 17.4. The monoisotopic (exact) mass is 528 g/mol. The van der Waals surface area contributed by atoms with Crippen LogP contribution in [0.2, 0.25) is 0 Å². The molecule has 9 nitrogen and oxygen atoms in total. The van der Waals surface area contributed by atoms with Crippen molar-refractivity contribution in [3.05, 3.63) is 73.9 Å². The fourth-order valence-corrected chi connectivity index (χ4v) is 4.06. The van der Waals surface area contributed by atoms with Gasteiger partial charge in [0.2, 0.25) is 0 Å². The topological polar surface area (TPSA) is 152 Å². The molecule has 0 aromatic carbocycles. The van der Waals surface area contributed by atoms with Gasteiger partial charge in [-0.3, -0.25) is 28.8 Å². The van der Waals surface area contributed by atoms with Crippen LogP contribution in [0.25, 0.3) is 0 Å². The minimum Gasteiger partial charge on any atom is -0.393 e. The minimum absolute atomic E-state index is 0.101. The summed E-state index contributed by atoms with van der Waals surface area (Å²) in [4.78, 5) is 78.6. The molecular weight excluding hydrogens is 492 g/mol. The fourth-order valence-electron chi connectivity index (χ4n) is 4.06. The highest BCUT2D eigenvalue weighted by atomic mass is 16.5. The van der Waals surface area contributed by atoms with Crippen LogP contribution in [0.15, 0.2) is 73.9 Å². The highest BCUT2D eigenvalue weighted by Gasteiger charge is 2.64. The van der Waals surface area contributed by atoms with Gasteiger partial charge in [0.1, 0.15) is 5.41 Å². The van der Waals surface area contributed by atoms with Crippen molar-refractivity contribution in [2.45, 2.75) is 39.7 Å². The van der Waals surface area contributed by atoms with Crippen LogP contribution in [0, 0.1) is 10.8 Å². The third-order valence-corrected chi connectivity index (χ3v) is 6.09.